The van der Waals surface area contributed by atoms with Crippen LogP contribution < -0.4 is 0 Å². The Morgan fingerprint density at radius 2 is 2.33 bits per heavy atom. The molecule has 76 valence electrons. The number of carboxylic acids is 1. The molecule has 0 radical (unpaired) electrons. The van der Waals surface area contributed by atoms with Gasteiger partial charge in [-0.1, -0.05) is 6.07 Å². The predicted octanol–water partition coefficient (Wildman–Crippen LogP) is 2.42. The van der Waals surface area contributed by atoms with Crippen molar-refractivity contribution >= 4 is 39.0 Å². The third-order valence-corrected chi connectivity index (χ3v) is 2.27. The molecule has 0 spiro atoms. The molecular formula is C10H7BrN2O2. The van der Waals surface area contributed by atoms with Crippen LogP contribution in [0.4, 0.5) is 0 Å². The van der Waals surface area contributed by atoms with Crippen LogP contribution in [0, 0.1) is 0 Å². The van der Waals surface area contributed by atoms with Crippen LogP contribution in [-0.2, 0) is 4.79 Å². The van der Waals surface area contributed by atoms with Crippen molar-refractivity contribution in [2.24, 2.45) is 0 Å². The average Bonchev–Trinajstić information content (AvgIpc) is 2.53. The van der Waals surface area contributed by atoms with Gasteiger partial charge in [-0.05, 0) is 39.7 Å². The minimum absolute atomic E-state index is 0.664. The van der Waals surface area contributed by atoms with Crippen molar-refractivity contribution in [3.05, 3.63) is 34.6 Å². The summed E-state index contributed by atoms with van der Waals surface area (Å²) in [6, 6.07) is 5.49. The van der Waals surface area contributed by atoms with Gasteiger partial charge in [0.1, 0.15) is 0 Å². The zero-order valence-electron chi connectivity index (χ0n) is 7.57. The predicted molar refractivity (Wildman–Crippen MR) is 60.5 cm³/mol. The molecule has 0 aliphatic carbocycles. The third-order valence-electron chi connectivity index (χ3n) is 1.90. The zero-order chi connectivity index (χ0) is 10.8. The van der Waals surface area contributed by atoms with E-state index in [0.29, 0.717) is 4.73 Å². The zero-order valence-corrected chi connectivity index (χ0v) is 9.15. The number of nitrogens with zero attached hydrogens (tertiary/aromatic N) is 1. The van der Waals surface area contributed by atoms with E-state index >= 15 is 0 Å². The summed E-state index contributed by atoms with van der Waals surface area (Å²) in [6.07, 6.45) is 2.64. The molecule has 0 saturated carbocycles. The fraction of sp³-hybridized carbons (Fsp3) is 0. The van der Waals surface area contributed by atoms with Gasteiger partial charge in [0, 0.05) is 6.08 Å². The number of carbonyl (C=O) groups is 1. The number of halogens is 1. The van der Waals surface area contributed by atoms with Gasteiger partial charge in [0.05, 0.1) is 11.0 Å². The van der Waals surface area contributed by atoms with E-state index in [-0.39, 0.29) is 0 Å². The number of fused-ring (bicyclic) bond motifs is 1. The Morgan fingerprint density at radius 1 is 1.53 bits per heavy atom. The highest BCUT2D eigenvalue weighted by molar-refractivity contribution is 9.10. The van der Waals surface area contributed by atoms with Crippen LogP contribution >= 0.6 is 15.9 Å². The van der Waals surface area contributed by atoms with E-state index in [2.05, 4.69) is 25.9 Å². The van der Waals surface area contributed by atoms with Gasteiger partial charge in [-0.25, -0.2) is 9.78 Å². The molecule has 0 aliphatic rings. The molecule has 2 rings (SSSR count). The lowest BCUT2D eigenvalue weighted by Gasteiger charge is -1.92. The van der Waals surface area contributed by atoms with Gasteiger partial charge in [-0.15, -0.1) is 0 Å². The molecule has 0 fully saturated rings. The Kier molecular flexibility index (Phi) is 2.55. The van der Waals surface area contributed by atoms with Gasteiger partial charge < -0.3 is 10.1 Å². The maximum Gasteiger partial charge on any atom is 0.328 e. The minimum atomic E-state index is -0.958. The fourth-order valence-electron chi connectivity index (χ4n) is 1.27. The number of nitrogens with one attached hydrogen (secondary N) is 1. The molecule has 0 saturated heterocycles. The number of hydrogen-bond acceptors (Lipinski definition) is 2. The lowest BCUT2D eigenvalue weighted by atomic mass is 10.2. The van der Waals surface area contributed by atoms with Crippen molar-refractivity contribution < 1.29 is 9.90 Å². The first-order valence-electron chi connectivity index (χ1n) is 4.21. The summed E-state index contributed by atoms with van der Waals surface area (Å²) in [5, 5.41) is 8.48. The molecule has 0 bridgehead atoms. The highest BCUT2D eigenvalue weighted by atomic mass is 79.9. The standard InChI is InChI=1S/C10H7BrN2O2/c11-10-12-7-3-1-6(2-4-9(14)15)5-8(7)13-10/h1-5H,(H,12,13)(H,14,15)/b4-2+. The van der Waals surface area contributed by atoms with Crippen LogP contribution in [0.25, 0.3) is 17.1 Å². The van der Waals surface area contributed by atoms with E-state index < -0.39 is 5.97 Å². The Hall–Kier alpha value is -1.62. The van der Waals surface area contributed by atoms with Gasteiger partial charge in [0.2, 0.25) is 0 Å². The lowest BCUT2D eigenvalue weighted by molar-refractivity contribution is -0.131. The molecule has 0 atom stereocenters. The quantitative estimate of drug-likeness (QED) is 0.821. The SMILES string of the molecule is O=C(O)/C=C/c1ccc2nc(Br)[nH]c2c1. The maximum atomic E-state index is 10.3. The van der Waals surface area contributed by atoms with E-state index in [9.17, 15) is 4.79 Å². The molecule has 2 N–H and O–H groups in total. The number of aliphatic carboxylic acids is 1. The summed E-state index contributed by atoms with van der Waals surface area (Å²) in [5.74, 6) is -0.958. The average molecular weight is 267 g/mol. The summed E-state index contributed by atoms with van der Waals surface area (Å²) in [6.45, 7) is 0. The Balaban J connectivity index is 2.42. The number of imidazole rings is 1. The van der Waals surface area contributed by atoms with Gasteiger partial charge >= 0.3 is 5.97 Å². The number of H-pyrrole nitrogens is 1. The topological polar surface area (TPSA) is 66.0 Å². The van der Waals surface area contributed by atoms with Crippen molar-refractivity contribution in [2.45, 2.75) is 0 Å². The number of hydrogen-bond donors (Lipinski definition) is 2. The summed E-state index contributed by atoms with van der Waals surface area (Å²) >= 11 is 3.23. The summed E-state index contributed by atoms with van der Waals surface area (Å²) in [4.78, 5) is 17.5. The molecule has 15 heavy (non-hydrogen) atoms. The highest BCUT2D eigenvalue weighted by Gasteiger charge is 1.99. The molecule has 0 unspecified atom stereocenters. The summed E-state index contributed by atoms with van der Waals surface area (Å²) in [5.41, 5.74) is 2.53. The van der Waals surface area contributed by atoms with Crippen LogP contribution in [0.5, 0.6) is 0 Å². The third kappa shape index (κ3) is 2.24. The number of carboxylic acid groups (broad SMARTS) is 1. The number of rotatable bonds is 2. The van der Waals surface area contributed by atoms with Crippen molar-refractivity contribution in [3.8, 4) is 0 Å². The number of aromatic amines is 1. The van der Waals surface area contributed by atoms with Gasteiger partial charge in [0.15, 0.2) is 4.73 Å². The minimum Gasteiger partial charge on any atom is -0.478 e. The van der Waals surface area contributed by atoms with Crippen molar-refractivity contribution in [3.63, 3.8) is 0 Å². The fourth-order valence-corrected chi connectivity index (χ4v) is 1.67. The normalized spacial score (nSPS) is 11.3. The van der Waals surface area contributed by atoms with Crippen LogP contribution in [-0.4, -0.2) is 21.0 Å². The lowest BCUT2D eigenvalue weighted by Crippen LogP contribution is -1.85. The molecule has 4 nitrogen and oxygen atoms in total. The smallest absolute Gasteiger partial charge is 0.328 e. The van der Waals surface area contributed by atoms with E-state index in [1.165, 1.54) is 6.08 Å². The molecule has 1 heterocycles. The van der Waals surface area contributed by atoms with E-state index in [1.54, 1.807) is 0 Å². The van der Waals surface area contributed by atoms with Gasteiger partial charge in [0.25, 0.3) is 0 Å². The van der Waals surface area contributed by atoms with Crippen LogP contribution in [0.3, 0.4) is 0 Å². The van der Waals surface area contributed by atoms with Gasteiger partial charge in [-0.2, -0.15) is 0 Å². The molecule has 1 aromatic heterocycles. The first-order valence-corrected chi connectivity index (χ1v) is 5.01. The highest BCUT2D eigenvalue weighted by Crippen LogP contribution is 2.17. The maximum absolute atomic E-state index is 10.3. The van der Waals surface area contributed by atoms with Crippen LogP contribution in [0.15, 0.2) is 29.0 Å². The second-order valence-corrected chi connectivity index (χ2v) is 3.73. The van der Waals surface area contributed by atoms with Gasteiger partial charge in [-0.3, -0.25) is 0 Å². The molecule has 0 aliphatic heterocycles. The molecule has 1 aromatic carbocycles. The Morgan fingerprint density at radius 3 is 3.07 bits per heavy atom. The number of benzene rings is 1. The van der Waals surface area contributed by atoms with Crippen LogP contribution in [0.1, 0.15) is 5.56 Å². The van der Waals surface area contributed by atoms with Crippen molar-refractivity contribution in [1.82, 2.24) is 9.97 Å². The largest absolute Gasteiger partial charge is 0.478 e. The van der Waals surface area contributed by atoms with Crippen molar-refractivity contribution in [1.29, 1.82) is 0 Å². The Bertz CT molecular complexity index is 545. The molecule has 2 aromatic rings. The number of aromatic nitrogens is 2. The molecule has 0 amide bonds. The monoisotopic (exact) mass is 266 g/mol. The van der Waals surface area contributed by atoms with E-state index in [1.807, 2.05) is 18.2 Å². The van der Waals surface area contributed by atoms with E-state index in [4.69, 9.17) is 5.11 Å². The summed E-state index contributed by atoms with van der Waals surface area (Å²) in [7, 11) is 0. The molecular weight excluding hydrogens is 260 g/mol. The van der Waals surface area contributed by atoms with E-state index in [0.717, 1.165) is 22.7 Å². The van der Waals surface area contributed by atoms with Crippen molar-refractivity contribution in [2.75, 3.05) is 0 Å². The molecule has 5 heteroatoms. The summed E-state index contributed by atoms with van der Waals surface area (Å²) < 4.78 is 0.664. The first-order chi connectivity index (χ1) is 7.15. The first kappa shape index (κ1) is 9.92. The Labute approximate surface area is 93.8 Å². The second kappa shape index (κ2) is 3.86. The second-order valence-electron chi connectivity index (χ2n) is 2.98. The van der Waals surface area contributed by atoms with Crippen LogP contribution in [0.2, 0.25) is 0 Å².